The molecule has 36 heavy (non-hydrogen) atoms. The second-order valence-electron chi connectivity index (χ2n) is 8.21. The number of aryl methyl sites for hydroxylation is 1. The minimum Gasteiger partial charge on any atom is -0.355 e. The van der Waals surface area contributed by atoms with Crippen molar-refractivity contribution < 1.29 is 17.6 Å². The highest BCUT2D eigenvalue weighted by Crippen LogP contribution is 2.39. The number of halogens is 4. The monoisotopic (exact) mass is 526 g/mol. The number of nitrogens with one attached hydrogen (secondary N) is 2. The lowest BCUT2D eigenvalue weighted by molar-refractivity contribution is -0.181. The number of rotatable bonds is 7. The van der Waals surface area contributed by atoms with Gasteiger partial charge in [0.05, 0.1) is 5.92 Å². The summed E-state index contributed by atoms with van der Waals surface area (Å²) in [7, 11) is 0. The first-order chi connectivity index (χ1) is 17.3. The van der Waals surface area contributed by atoms with Crippen molar-refractivity contribution in [2.24, 2.45) is 11.8 Å². The van der Waals surface area contributed by atoms with Crippen LogP contribution in [0.4, 0.5) is 28.9 Å². The molecule has 2 N–H and O–H groups in total. The first-order valence-corrected chi connectivity index (χ1v) is 13.4. The van der Waals surface area contributed by atoms with Gasteiger partial charge in [-0.3, -0.25) is 0 Å². The Balaban J connectivity index is 0.00000190. The maximum atomic E-state index is 13.4. The molecule has 0 amide bonds. The third kappa shape index (κ3) is 10.8. The van der Waals surface area contributed by atoms with Crippen LogP contribution in [0.5, 0.6) is 0 Å². The fourth-order valence-electron chi connectivity index (χ4n) is 4.41. The van der Waals surface area contributed by atoms with E-state index >= 15 is 0 Å². The lowest BCUT2D eigenvalue weighted by Crippen LogP contribution is -2.26. The number of hydrogen-bond donors (Lipinski definition) is 2. The van der Waals surface area contributed by atoms with Crippen LogP contribution in [0.15, 0.2) is 36.4 Å². The van der Waals surface area contributed by atoms with Gasteiger partial charge in [-0.1, -0.05) is 53.3 Å². The Hall–Kier alpha value is -2.28. The number of anilines is 2. The van der Waals surface area contributed by atoms with Crippen LogP contribution in [-0.2, 0) is 12.8 Å². The molecule has 2 unspecified atom stereocenters. The first-order valence-electron chi connectivity index (χ1n) is 12.8. The van der Waals surface area contributed by atoms with Crippen LogP contribution in [0.2, 0.25) is 0 Å². The normalized spacial score (nSPS) is 15.2. The molecule has 0 heterocycles. The van der Waals surface area contributed by atoms with E-state index in [0.717, 1.165) is 41.8 Å². The van der Waals surface area contributed by atoms with Gasteiger partial charge in [0.1, 0.15) is 5.82 Å². The highest BCUT2D eigenvalue weighted by molar-refractivity contribution is 7.77. The fraction of sp³-hybridized carbons (Fsp3) is 0.517. The molecule has 2 nitrogen and oxygen atoms in total. The summed E-state index contributed by atoms with van der Waals surface area (Å²) < 4.78 is 53.4. The van der Waals surface area contributed by atoms with E-state index in [4.69, 9.17) is 5.41 Å². The summed E-state index contributed by atoms with van der Waals surface area (Å²) in [6.07, 6.45) is 1.06. The van der Waals surface area contributed by atoms with Gasteiger partial charge < -0.3 is 10.7 Å². The molecule has 2 aromatic rings. The summed E-state index contributed by atoms with van der Waals surface area (Å²) in [6.45, 7) is 9.80. The number of hydrogen-bond acceptors (Lipinski definition) is 3. The SMILES string of the molecule is C=S.CC.CC.CCCC(CC1CCCc2cc(Nc3ccc(F)cc3)c(C=N)cc2C1)C(F)(F)F. The third-order valence-corrected chi connectivity index (χ3v) is 5.94. The molecule has 1 aliphatic carbocycles. The van der Waals surface area contributed by atoms with Crippen molar-refractivity contribution in [2.45, 2.75) is 85.7 Å². The van der Waals surface area contributed by atoms with Gasteiger partial charge in [0, 0.05) is 23.2 Å². The average Bonchev–Trinajstić information content (AvgIpc) is 3.09. The van der Waals surface area contributed by atoms with Crippen LogP contribution in [0.3, 0.4) is 0 Å². The van der Waals surface area contributed by atoms with Gasteiger partial charge in [0.15, 0.2) is 0 Å². The lowest BCUT2D eigenvalue weighted by atomic mass is 9.85. The van der Waals surface area contributed by atoms with E-state index in [9.17, 15) is 17.6 Å². The Bertz CT molecular complexity index is 882. The zero-order valence-electron chi connectivity index (χ0n) is 22.3. The fourth-order valence-corrected chi connectivity index (χ4v) is 4.41. The maximum absolute atomic E-state index is 13.4. The van der Waals surface area contributed by atoms with Crippen LogP contribution in [0.1, 0.15) is 83.4 Å². The Morgan fingerprint density at radius 3 is 2.22 bits per heavy atom. The van der Waals surface area contributed by atoms with Gasteiger partial charge in [-0.05, 0) is 97.8 Å². The molecule has 2 atom stereocenters. The highest BCUT2D eigenvalue weighted by Gasteiger charge is 2.40. The predicted molar refractivity (Wildman–Crippen MR) is 151 cm³/mol. The molecule has 0 aromatic heterocycles. The van der Waals surface area contributed by atoms with Crippen molar-refractivity contribution in [3.05, 3.63) is 58.9 Å². The third-order valence-electron chi connectivity index (χ3n) is 5.94. The quantitative estimate of drug-likeness (QED) is 0.163. The Kier molecular flexibility index (Phi) is 16.9. The van der Waals surface area contributed by atoms with Crippen LogP contribution in [0.25, 0.3) is 0 Å². The molecular weight excluding hydrogens is 484 g/mol. The molecule has 1 aliphatic rings. The molecular formula is C29H42F4N2S. The first kappa shape index (κ1) is 33.7. The summed E-state index contributed by atoms with van der Waals surface area (Å²) >= 11 is 3.83. The molecule has 0 fully saturated rings. The molecule has 7 heteroatoms. The number of thiocarbonyl (C=S) groups is 1. The van der Waals surface area contributed by atoms with Gasteiger partial charge in [-0.25, -0.2) is 4.39 Å². The Morgan fingerprint density at radius 1 is 1.08 bits per heavy atom. The molecule has 2 aromatic carbocycles. The van der Waals surface area contributed by atoms with Crippen LogP contribution in [-0.4, -0.2) is 18.3 Å². The summed E-state index contributed by atoms with van der Waals surface area (Å²) in [5.41, 5.74) is 4.32. The van der Waals surface area contributed by atoms with E-state index < -0.39 is 12.1 Å². The molecule has 0 radical (unpaired) electrons. The molecule has 0 saturated carbocycles. The molecule has 0 saturated heterocycles. The van der Waals surface area contributed by atoms with Crippen molar-refractivity contribution in [3.8, 4) is 0 Å². The van der Waals surface area contributed by atoms with E-state index in [1.165, 1.54) is 18.3 Å². The molecule has 3 rings (SSSR count). The van der Waals surface area contributed by atoms with Crippen LogP contribution >= 0.6 is 12.2 Å². The summed E-state index contributed by atoms with van der Waals surface area (Å²) in [4.78, 5) is 0. The zero-order chi connectivity index (χ0) is 27.7. The van der Waals surface area contributed by atoms with Crippen LogP contribution < -0.4 is 5.32 Å². The number of fused-ring (bicyclic) bond motifs is 1. The maximum Gasteiger partial charge on any atom is 0.391 e. The average molecular weight is 527 g/mol. The topological polar surface area (TPSA) is 35.9 Å². The van der Waals surface area contributed by atoms with Crippen molar-refractivity contribution in [2.75, 3.05) is 5.32 Å². The van der Waals surface area contributed by atoms with Gasteiger partial charge >= 0.3 is 6.18 Å². The smallest absolute Gasteiger partial charge is 0.355 e. The van der Waals surface area contributed by atoms with E-state index in [-0.39, 0.29) is 24.6 Å². The van der Waals surface area contributed by atoms with Gasteiger partial charge in [-0.15, -0.1) is 0 Å². The summed E-state index contributed by atoms with van der Waals surface area (Å²) in [5, 5.41) is 11.0. The zero-order valence-corrected chi connectivity index (χ0v) is 23.1. The molecule has 0 aliphatic heterocycles. The predicted octanol–water partition coefficient (Wildman–Crippen LogP) is 10.1. The van der Waals surface area contributed by atoms with E-state index in [0.29, 0.717) is 18.4 Å². The minimum atomic E-state index is -4.14. The minimum absolute atomic E-state index is 0.00100. The van der Waals surface area contributed by atoms with Crippen molar-refractivity contribution >= 4 is 35.7 Å². The lowest BCUT2D eigenvalue weighted by Gasteiger charge is -2.25. The van der Waals surface area contributed by atoms with Gasteiger partial charge in [0.2, 0.25) is 0 Å². The van der Waals surface area contributed by atoms with Crippen molar-refractivity contribution in [1.29, 1.82) is 5.41 Å². The van der Waals surface area contributed by atoms with Gasteiger partial charge in [0.25, 0.3) is 0 Å². The molecule has 0 spiro atoms. The number of benzene rings is 2. The van der Waals surface area contributed by atoms with E-state index in [1.54, 1.807) is 19.1 Å². The molecule has 202 valence electrons. The Labute approximate surface area is 220 Å². The van der Waals surface area contributed by atoms with E-state index in [1.807, 2.05) is 39.8 Å². The van der Waals surface area contributed by atoms with Crippen molar-refractivity contribution in [1.82, 2.24) is 0 Å². The molecule has 0 bridgehead atoms. The Morgan fingerprint density at radius 2 is 1.69 bits per heavy atom. The standard InChI is InChI=1S/C24H28F4N2.2C2H6.CH2S/c1-2-4-20(24(26,27)28)12-16-5-3-6-17-14-23(19(15-29)13-18(17)11-16)30-22-9-7-21(25)8-10-22;3*1-2/h7-10,13-16,20,29-30H,2-6,11-12H2,1H3;2*1-2H3;1H2. The van der Waals surface area contributed by atoms with Gasteiger partial charge in [-0.2, -0.15) is 13.2 Å². The van der Waals surface area contributed by atoms with Crippen LogP contribution in [0, 0.1) is 23.1 Å². The largest absolute Gasteiger partial charge is 0.391 e. The second-order valence-corrected chi connectivity index (χ2v) is 8.21. The summed E-state index contributed by atoms with van der Waals surface area (Å²) in [5.74, 6) is 1.27. The highest BCUT2D eigenvalue weighted by atomic mass is 32.1. The van der Waals surface area contributed by atoms with Crippen molar-refractivity contribution in [3.63, 3.8) is 0 Å². The second kappa shape index (κ2) is 18.0. The van der Waals surface area contributed by atoms with E-state index in [2.05, 4.69) is 23.4 Å². The summed E-state index contributed by atoms with van der Waals surface area (Å²) in [6, 6.07) is 9.93. The number of alkyl halides is 3.